The van der Waals surface area contributed by atoms with E-state index < -0.39 is 0 Å². The average Bonchev–Trinajstić information content (AvgIpc) is 2.88. The van der Waals surface area contributed by atoms with Crippen LogP contribution in [0.3, 0.4) is 0 Å². The van der Waals surface area contributed by atoms with E-state index >= 15 is 0 Å². The van der Waals surface area contributed by atoms with Gasteiger partial charge in [-0.15, -0.1) is 32.9 Å². The van der Waals surface area contributed by atoms with Crippen molar-refractivity contribution in [2.24, 2.45) is 0 Å². The van der Waals surface area contributed by atoms with E-state index in [1.807, 2.05) is 29.0 Å². The number of nitrogens with zero attached hydrogens (tertiary/aromatic N) is 2. The molecule has 0 saturated carbocycles. The smallest absolute Gasteiger partial charge is 0.147 e. The molecule has 0 aliphatic rings. The van der Waals surface area contributed by atoms with Gasteiger partial charge in [0.15, 0.2) is 5.15 Å². The molecule has 0 N–H and O–H groups in total. The van der Waals surface area contributed by atoms with E-state index in [-0.39, 0.29) is 0 Å². The molecule has 74 valence electrons. The first kappa shape index (κ1) is 9.27. The molecule has 15 heavy (non-hydrogen) atoms. The molecule has 2 nitrogen and oxygen atoms in total. The first-order chi connectivity index (χ1) is 7.36. The van der Waals surface area contributed by atoms with Crippen LogP contribution >= 0.6 is 34.3 Å². The van der Waals surface area contributed by atoms with Crippen molar-refractivity contribution in [3.63, 3.8) is 0 Å². The number of aromatic nitrogens is 2. The van der Waals surface area contributed by atoms with Crippen LogP contribution in [0.1, 0.15) is 0 Å². The van der Waals surface area contributed by atoms with Crippen LogP contribution in [-0.2, 0) is 0 Å². The summed E-state index contributed by atoms with van der Waals surface area (Å²) in [5.74, 6) is 0. The van der Waals surface area contributed by atoms with Crippen molar-refractivity contribution < 1.29 is 0 Å². The van der Waals surface area contributed by atoms with Gasteiger partial charge in [0.25, 0.3) is 0 Å². The van der Waals surface area contributed by atoms with Crippen molar-refractivity contribution in [3.8, 4) is 10.6 Å². The highest BCUT2D eigenvalue weighted by Crippen LogP contribution is 2.35. The lowest BCUT2D eigenvalue weighted by atomic mass is 10.3. The molecule has 0 amide bonds. The van der Waals surface area contributed by atoms with Gasteiger partial charge >= 0.3 is 0 Å². The molecule has 5 heteroatoms. The highest BCUT2D eigenvalue weighted by Gasteiger charge is 2.11. The molecule has 0 fully saturated rings. The summed E-state index contributed by atoms with van der Waals surface area (Å²) in [7, 11) is 0. The van der Waals surface area contributed by atoms with Crippen molar-refractivity contribution in [1.29, 1.82) is 0 Å². The van der Waals surface area contributed by atoms with Gasteiger partial charge in [-0.2, -0.15) is 0 Å². The van der Waals surface area contributed by atoms with Crippen LogP contribution in [0, 0.1) is 0 Å². The van der Waals surface area contributed by atoms with E-state index in [1.54, 1.807) is 22.7 Å². The molecule has 0 radical (unpaired) electrons. The van der Waals surface area contributed by atoms with Gasteiger partial charge in [-0.1, -0.05) is 17.7 Å². The highest BCUT2D eigenvalue weighted by molar-refractivity contribution is 7.19. The zero-order valence-corrected chi connectivity index (χ0v) is 9.86. The molecule has 0 aliphatic heterocycles. The molecule has 0 atom stereocenters. The lowest BCUT2D eigenvalue weighted by Gasteiger charge is -1.98. The maximum absolute atomic E-state index is 5.97. The molecule has 0 aromatic carbocycles. The molecule has 0 aliphatic carbocycles. The van der Waals surface area contributed by atoms with Crippen molar-refractivity contribution in [1.82, 2.24) is 10.2 Å². The largest absolute Gasteiger partial charge is 0.160 e. The molecule has 3 rings (SSSR count). The number of hydrogen-bond donors (Lipinski definition) is 0. The van der Waals surface area contributed by atoms with Gasteiger partial charge < -0.3 is 0 Å². The second kappa shape index (κ2) is 3.56. The minimum absolute atomic E-state index is 0.478. The Hall–Kier alpha value is -0.970. The molecular weight excluding hydrogens is 248 g/mol. The Morgan fingerprint density at radius 1 is 1.07 bits per heavy atom. The van der Waals surface area contributed by atoms with Crippen LogP contribution < -0.4 is 0 Å². The standard InChI is InChI=1S/C10H5ClN2S2/c11-10-6-3-5-15-9(6)8(12-13-10)7-2-1-4-14-7/h1-5H. The Morgan fingerprint density at radius 2 is 2.00 bits per heavy atom. The quantitative estimate of drug-likeness (QED) is 0.652. The Labute approximate surface area is 99.2 Å². The monoisotopic (exact) mass is 252 g/mol. The molecular formula is C10H5ClN2S2. The fourth-order valence-corrected chi connectivity index (χ4v) is 3.35. The van der Waals surface area contributed by atoms with Crippen LogP contribution in [0.15, 0.2) is 29.0 Å². The number of rotatable bonds is 1. The number of fused-ring (bicyclic) bond motifs is 1. The van der Waals surface area contributed by atoms with Crippen LogP contribution in [0.5, 0.6) is 0 Å². The van der Waals surface area contributed by atoms with Crippen LogP contribution in [-0.4, -0.2) is 10.2 Å². The maximum atomic E-state index is 5.97. The van der Waals surface area contributed by atoms with E-state index in [0.717, 1.165) is 20.7 Å². The second-order valence-corrected chi connectivity index (χ2v) is 5.20. The van der Waals surface area contributed by atoms with Gasteiger partial charge in [-0.3, -0.25) is 0 Å². The van der Waals surface area contributed by atoms with Crippen molar-refractivity contribution in [2.45, 2.75) is 0 Å². The Bertz CT molecular complexity index is 601. The second-order valence-electron chi connectivity index (χ2n) is 2.98. The lowest BCUT2D eigenvalue weighted by Crippen LogP contribution is -1.86. The number of thiophene rings is 2. The van der Waals surface area contributed by atoms with E-state index in [4.69, 9.17) is 11.6 Å². The predicted molar refractivity (Wildman–Crippen MR) is 65.7 cm³/mol. The topological polar surface area (TPSA) is 25.8 Å². The zero-order valence-electron chi connectivity index (χ0n) is 7.48. The average molecular weight is 253 g/mol. The van der Waals surface area contributed by atoms with E-state index in [1.165, 1.54) is 0 Å². The summed E-state index contributed by atoms with van der Waals surface area (Å²) in [4.78, 5) is 1.13. The summed E-state index contributed by atoms with van der Waals surface area (Å²) in [5.41, 5.74) is 0.930. The summed E-state index contributed by atoms with van der Waals surface area (Å²) in [6.07, 6.45) is 0. The van der Waals surface area contributed by atoms with E-state index in [9.17, 15) is 0 Å². The van der Waals surface area contributed by atoms with E-state index in [0.29, 0.717) is 5.15 Å². The SMILES string of the molecule is Clc1nnc(-c2cccs2)c2sccc12. The predicted octanol–water partition coefficient (Wildman–Crippen LogP) is 4.07. The minimum Gasteiger partial charge on any atom is -0.147 e. The lowest BCUT2D eigenvalue weighted by molar-refractivity contribution is 1.06. The maximum Gasteiger partial charge on any atom is 0.160 e. The van der Waals surface area contributed by atoms with Crippen LogP contribution in [0.4, 0.5) is 0 Å². The van der Waals surface area contributed by atoms with Crippen molar-refractivity contribution >= 4 is 44.4 Å². The molecule has 0 unspecified atom stereocenters. The fourth-order valence-electron chi connectivity index (χ4n) is 1.42. The van der Waals surface area contributed by atoms with Gasteiger partial charge in [0.1, 0.15) is 5.69 Å². The Kier molecular flexibility index (Phi) is 2.20. The zero-order chi connectivity index (χ0) is 10.3. The molecule has 0 spiro atoms. The normalized spacial score (nSPS) is 11.0. The van der Waals surface area contributed by atoms with Crippen molar-refractivity contribution in [3.05, 3.63) is 34.1 Å². The summed E-state index contributed by atoms with van der Waals surface area (Å²) < 4.78 is 1.11. The van der Waals surface area contributed by atoms with E-state index in [2.05, 4.69) is 10.2 Å². The van der Waals surface area contributed by atoms with Gasteiger partial charge in [0, 0.05) is 5.39 Å². The summed E-state index contributed by atoms with van der Waals surface area (Å²) >= 11 is 9.28. The van der Waals surface area contributed by atoms with Crippen molar-refractivity contribution in [2.75, 3.05) is 0 Å². The third-order valence-corrected chi connectivity index (χ3v) is 4.17. The first-order valence-electron chi connectivity index (χ1n) is 4.29. The number of hydrogen-bond acceptors (Lipinski definition) is 4. The molecule has 3 aromatic heterocycles. The van der Waals surface area contributed by atoms with Gasteiger partial charge in [-0.25, -0.2) is 0 Å². The van der Waals surface area contributed by atoms with Crippen LogP contribution in [0.2, 0.25) is 5.15 Å². The molecule has 0 saturated heterocycles. The highest BCUT2D eigenvalue weighted by atomic mass is 35.5. The minimum atomic E-state index is 0.478. The molecule has 3 heterocycles. The van der Waals surface area contributed by atoms with Gasteiger partial charge in [-0.05, 0) is 22.9 Å². The summed E-state index contributed by atoms with van der Waals surface area (Å²) in [5, 5.41) is 13.6. The molecule has 0 bridgehead atoms. The third kappa shape index (κ3) is 1.45. The number of halogens is 1. The Balaban J connectivity index is 2.37. The first-order valence-corrected chi connectivity index (χ1v) is 6.43. The third-order valence-electron chi connectivity index (χ3n) is 2.09. The Morgan fingerprint density at radius 3 is 2.80 bits per heavy atom. The summed E-state index contributed by atoms with van der Waals surface area (Å²) in [6.45, 7) is 0. The summed E-state index contributed by atoms with van der Waals surface area (Å²) in [6, 6.07) is 6.03. The molecule has 3 aromatic rings. The fraction of sp³-hybridized carbons (Fsp3) is 0. The van der Waals surface area contributed by atoms with Gasteiger partial charge in [0.05, 0.1) is 9.58 Å². The van der Waals surface area contributed by atoms with Gasteiger partial charge in [0.2, 0.25) is 0 Å². The van der Waals surface area contributed by atoms with Crippen LogP contribution in [0.25, 0.3) is 20.7 Å².